The van der Waals surface area contributed by atoms with Crippen LogP contribution >= 0.6 is 22.2 Å². The van der Waals surface area contributed by atoms with E-state index in [2.05, 4.69) is 0 Å². The summed E-state index contributed by atoms with van der Waals surface area (Å²) >= 11 is 10.9. The maximum Gasteiger partial charge on any atom is 0.245 e. The van der Waals surface area contributed by atoms with Crippen molar-refractivity contribution < 1.29 is 5.48 Å². The van der Waals surface area contributed by atoms with E-state index < -0.39 is 6.69 Å². The van der Waals surface area contributed by atoms with Crippen LogP contribution in [0.2, 0.25) is 13.1 Å². The molecule has 0 amide bonds. The van der Waals surface area contributed by atoms with Gasteiger partial charge >= 0.3 is 0 Å². The molecule has 0 rings (SSSR count). The number of hydrogen-bond donors (Lipinski definition) is 0. The van der Waals surface area contributed by atoms with Gasteiger partial charge in [0.05, 0.1) is 0 Å². The van der Waals surface area contributed by atoms with Crippen molar-refractivity contribution in [3.8, 4) is 0 Å². The van der Waals surface area contributed by atoms with Crippen molar-refractivity contribution in [2.45, 2.75) is 13.1 Å². The monoisotopic (exact) mass is 146 g/mol. The van der Waals surface area contributed by atoms with Crippen molar-refractivity contribution in [2.24, 2.45) is 0 Å². The van der Waals surface area contributed by atoms with Crippen LogP contribution in [0, 0.1) is 0 Å². The quantitative estimate of drug-likeness (QED) is 0.365. The molecular formula is C2H8Cl2OSi. The van der Waals surface area contributed by atoms with Gasteiger partial charge in [0.15, 0.2) is 0 Å². The fourth-order valence-electron chi connectivity index (χ4n) is 0. The molecule has 0 saturated heterocycles. The lowest BCUT2D eigenvalue weighted by Crippen LogP contribution is -2.02. The zero-order valence-electron chi connectivity index (χ0n) is 3.76. The second-order valence-electron chi connectivity index (χ2n) is 1.33. The van der Waals surface area contributed by atoms with Crippen LogP contribution in [0.25, 0.3) is 0 Å². The fraction of sp³-hybridized carbons (Fsp3) is 1.00. The number of halogens is 2. The summed E-state index contributed by atoms with van der Waals surface area (Å²) in [4.78, 5) is 0. The van der Waals surface area contributed by atoms with E-state index in [1.54, 1.807) is 0 Å². The third-order valence-electron chi connectivity index (χ3n) is 0. The molecular weight excluding hydrogens is 139 g/mol. The van der Waals surface area contributed by atoms with Gasteiger partial charge in [-0.2, -0.15) is 0 Å². The molecule has 0 fully saturated rings. The average Bonchev–Trinajstić information content (AvgIpc) is 0.722. The first-order chi connectivity index (χ1) is 2.00. The number of hydrogen-bond acceptors (Lipinski definition) is 0. The van der Waals surface area contributed by atoms with Crippen molar-refractivity contribution in [1.82, 2.24) is 0 Å². The Balaban J connectivity index is 0. The minimum Gasteiger partial charge on any atom is -0.412 e. The van der Waals surface area contributed by atoms with Crippen LogP contribution in [0.4, 0.5) is 0 Å². The van der Waals surface area contributed by atoms with E-state index >= 15 is 0 Å². The molecule has 0 bridgehead atoms. The van der Waals surface area contributed by atoms with Crippen molar-refractivity contribution in [1.29, 1.82) is 0 Å². The molecule has 0 unspecified atom stereocenters. The highest BCUT2D eigenvalue weighted by Gasteiger charge is 2.08. The molecule has 0 heterocycles. The normalized spacial score (nSPS) is 10.0. The molecule has 0 aliphatic rings. The summed E-state index contributed by atoms with van der Waals surface area (Å²) in [5, 5.41) is 0. The van der Waals surface area contributed by atoms with Crippen LogP contribution < -0.4 is 0 Å². The predicted octanol–water partition coefficient (Wildman–Crippen LogP) is 1.34. The Morgan fingerprint density at radius 2 is 1.17 bits per heavy atom. The van der Waals surface area contributed by atoms with E-state index in [4.69, 9.17) is 22.2 Å². The van der Waals surface area contributed by atoms with E-state index in [-0.39, 0.29) is 5.48 Å². The molecule has 2 N–H and O–H groups in total. The summed E-state index contributed by atoms with van der Waals surface area (Å²) in [5.74, 6) is 0. The van der Waals surface area contributed by atoms with Crippen LogP contribution in [0.1, 0.15) is 0 Å². The SMILES string of the molecule is C[Si](C)(Cl)Cl.O. The van der Waals surface area contributed by atoms with Crippen molar-refractivity contribution >= 4 is 28.9 Å². The Kier molecular flexibility index (Phi) is 4.71. The summed E-state index contributed by atoms with van der Waals surface area (Å²) in [7, 11) is 0. The van der Waals surface area contributed by atoms with E-state index in [9.17, 15) is 0 Å². The Morgan fingerprint density at radius 3 is 1.17 bits per heavy atom. The maximum absolute atomic E-state index is 5.43. The van der Waals surface area contributed by atoms with Crippen LogP contribution in [-0.2, 0) is 0 Å². The smallest absolute Gasteiger partial charge is 0.245 e. The molecule has 0 atom stereocenters. The molecule has 0 radical (unpaired) electrons. The van der Waals surface area contributed by atoms with Crippen LogP contribution in [0.5, 0.6) is 0 Å². The Labute approximate surface area is 48.0 Å². The minimum absolute atomic E-state index is 0. The first kappa shape index (κ1) is 9.90. The van der Waals surface area contributed by atoms with Gasteiger partial charge in [-0.05, 0) is 13.1 Å². The molecule has 0 aromatic heterocycles. The van der Waals surface area contributed by atoms with Gasteiger partial charge in [0.2, 0.25) is 6.69 Å². The van der Waals surface area contributed by atoms with Crippen LogP contribution in [0.15, 0.2) is 0 Å². The van der Waals surface area contributed by atoms with Gasteiger partial charge in [0.1, 0.15) is 0 Å². The highest BCUT2D eigenvalue weighted by molar-refractivity contribution is 7.44. The van der Waals surface area contributed by atoms with Gasteiger partial charge in [0, 0.05) is 0 Å². The summed E-state index contributed by atoms with van der Waals surface area (Å²) in [6.45, 7) is 2.05. The average molecular weight is 147 g/mol. The zero-order chi connectivity index (χ0) is 4.50. The third-order valence-corrected chi connectivity index (χ3v) is 0. The second-order valence-corrected chi connectivity index (χ2v) is 10.2. The summed E-state index contributed by atoms with van der Waals surface area (Å²) in [6.07, 6.45) is 0. The lowest BCUT2D eigenvalue weighted by molar-refractivity contribution is 0.824. The molecule has 6 heavy (non-hydrogen) atoms. The molecule has 40 valence electrons. The van der Waals surface area contributed by atoms with Crippen LogP contribution in [0.3, 0.4) is 0 Å². The molecule has 0 saturated carbocycles. The first-order valence-corrected chi connectivity index (χ1v) is 6.40. The third kappa shape index (κ3) is 117. The molecule has 0 aliphatic carbocycles. The zero-order valence-corrected chi connectivity index (χ0v) is 6.27. The molecule has 0 spiro atoms. The van der Waals surface area contributed by atoms with Crippen molar-refractivity contribution in [3.05, 3.63) is 0 Å². The largest absolute Gasteiger partial charge is 0.412 e. The summed E-state index contributed by atoms with van der Waals surface area (Å²) in [6, 6.07) is 0. The second kappa shape index (κ2) is 2.85. The highest BCUT2D eigenvalue weighted by Crippen LogP contribution is 2.10. The first-order valence-electron chi connectivity index (χ1n) is 1.38. The molecule has 0 aromatic rings. The topological polar surface area (TPSA) is 31.5 Å². The highest BCUT2D eigenvalue weighted by atomic mass is 35.7. The van der Waals surface area contributed by atoms with E-state index in [1.165, 1.54) is 0 Å². The lowest BCUT2D eigenvalue weighted by atomic mass is 11.9. The van der Waals surface area contributed by atoms with Gasteiger partial charge in [-0.3, -0.25) is 0 Å². The fourth-order valence-corrected chi connectivity index (χ4v) is 0. The van der Waals surface area contributed by atoms with E-state index in [0.29, 0.717) is 0 Å². The number of rotatable bonds is 0. The van der Waals surface area contributed by atoms with E-state index in [1.807, 2.05) is 13.1 Å². The Bertz CT molecular complexity index is 27.0. The minimum atomic E-state index is -1.67. The Hall–Kier alpha value is 0.757. The van der Waals surface area contributed by atoms with Gasteiger partial charge in [0.25, 0.3) is 0 Å². The summed E-state index contributed by atoms with van der Waals surface area (Å²) in [5.41, 5.74) is 0. The van der Waals surface area contributed by atoms with E-state index in [0.717, 1.165) is 0 Å². The molecule has 4 heteroatoms. The maximum atomic E-state index is 5.43. The molecule has 0 aliphatic heterocycles. The molecule has 1 nitrogen and oxygen atoms in total. The van der Waals surface area contributed by atoms with Gasteiger partial charge in [-0.15, -0.1) is 22.2 Å². The molecule has 0 aromatic carbocycles. The van der Waals surface area contributed by atoms with Crippen LogP contribution in [-0.4, -0.2) is 12.2 Å². The summed E-state index contributed by atoms with van der Waals surface area (Å²) < 4.78 is 0. The standard InChI is InChI=1S/C2H6Cl2Si.H2O/c1-5(2,3)4;/h1-2H3;1H2. The lowest BCUT2D eigenvalue weighted by Gasteiger charge is -1.93. The van der Waals surface area contributed by atoms with Gasteiger partial charge in [-0.25, -0.2) is 0 Å². The van der Waals surface area contributed by atoms with Gasteiger partial charge in [-0.1, -0.05) is 0 Å². The van der Waals surface area contributed by atoms with Crippen molar-refractivity contribution in [2.75, 3.05) is 0 Å². The Morgan fingerprint density at radius 1 is 1.17 bits per heavy atom. The van der Waals surface area contributed by atoms with Gasteiger partial charge < -0.3 is 5.48 Å². The predicted molar refractivity (Wildman–Crippen MR) is 32.8 cm³/mol. The van der Waals surface area contributed by atoms with Crippen molar-refractivity contribution in [3.63, 3.8) is 0 Å².